The van der Waals surface area contributed by atoms with E-state index < -0.39 is 0 Å². The molecular formula is C18H17Cl2NS. The Morgan fingerprint density at radius 3 is 2.50 bits per heavy atom. The molecule has 0 amide bonds. The van der Waals surface area contributed by atoms with Crippen LogP contribution in [0.3, 0.4) is 0 Å². The lowest BCUT2D eigenvalue weighted by Gasteiger charge is -2.26. The first kappa shape index (κ1) is 15.7. The van der Waals surface area contributed by atoms with E-state index in [2.05, 4.69) is 49.5 Å². The van der Waals surface area contributed by atoms with E-state index in [1.807, 2.05) is 18.2 Å². The molecule has 0 aliphatic carbocycles. The molecule has 1 nitrogen and oxygen atoms in total. The minimum atomic E-state index is -0.0373. The summed E-state index contributed by atoms with van der Waals surface area (Å²) in [6.07, 6.45) is 0. The zero-order valence-corrected chi connectivity index (χ0v) is 14.8. The van der Waals surface area contributed by atoms with Gasteiger partial charge in [0.15, 0.2) is 0 Å². The third-order valence-corrected chi connectivity index (χ3v) is 5.64. The van der Waals surface area contributed by atoms with E-state index in [-0.39, 0.29) is 5.41 Å². The number of fused-ring (bicyclic) bond motifs is 1. The summed E-state index contributed by atoms with van der Waals surface area (Å²) in [5.41, 5.74) is 1.14. The first-order valence-electron chi connectivity index (χ1n) is 7.14. The molecule has 0 aliphatic heterocycles. The first-order valence-corrected chi connectivity index (χ1v) is 8.71. The molecule has 1 N–H and O–H groups in total. The number of halogens is 2. The van der Waals surface area contributed by atoms with Crippen molar-refractivity contribution in [3.05, 3.63) is 64.1 Å². The van der Waals surface area contributed by atoms with Crippen molar-refractivity contribution in [2.24, 2.45) is 0 Å². The molecule has 0 unspecified atom stereocenters. The molecule has 0 atom stereocenters. The van der Waals surface area contributed by atoms with Gasteiger partial charge in [-0.15, -0.1) is 11.3 Å². The molecule has 1 heterocycles. The molecule has 1 aromatic heterocycles. The van der Waals surface area contributed by atoms with Gasteiger partial charge in [0.2, 0.25) is 0 Å². The molecule has 22 heavy (non-hydrogen) atoms. The highest BCUT2D eigenvalue weighted by molar-refractivity contribution is 7.22. The molecule has 0 saturated carbocycles. The predicted molar refractivity (Wildman–Crippen MR) is 99.8 cm³/mol. The third-order valence-electron chi connectivity index (χ3n) is 3.83. The van der Waals surface area contributed by atoms with Crippen LogP contribution in [-0.2, 0) is 5.41 Å². The second-order valence-electron chi connectivity index (χ2n) is 6.01. The Bertz CT molecular complexity index is 775. The topological polar surface area (TPSA) is 12.0 Å². The Morgan fingerprint density at radius 1 is 1.00 bits per heavy atom. The van der Waals surface area contributed by atoms with E-state index >= 15 is 0 Å². The average molecular weight is 350 g/mol. The fourth-order valence-corrected chi connectivity index (χ4v) is 3.65. The Labute approximate surface area is 144 Å². The molecule has 0 bridgehead atoms. The molecule has 2 aromatic carbocycles. The average Bonchev–Trinajstić information content (AvgIpc) is 2.91. The number of hydrogen-bond acceptors (Lipinski definition) is 2. The van der Waals surface area contributed by atoms with E-state index in [1.54, 1.807) is 11.3 Å². The molecule has 0 saturated heterocycles. The summed E-state index contributed by atoms with van der Waals surface area (Å²) < 4.78 is 1.30. The maximum atomic E-state index is 6.14. The molecule has 0 spiro atoms. The van der Waals surface area contributed by atoms with Crippen LogP contribution in [0.25, 0.3) is 10.1 Å². The quantitative estimate of drug-likeness (QED) is 0.559. The van der Waals surface area contributed by atoms with E-state index in [0.717, 1.165) is 6.54 Å². The van der Waals surface area contributed by atoms with Crippen LogP contribution in [0.5, 0.6) is 0 Å². The van der Waals surface area contributed by atoms with Gasteiger partial charge in [-0.2, -0.15) is 0 Å². The lowest BCUT2D eigenvalue weighted by atomic mass is 9.84. The molecule has 0 radical (unpaired) electrons. The molecule has 3 aromatic rings. The van der Waals surface area contributed by atoms with E-state index in [4.69, 9.17) is 23.2 Å². The SMILES string of the molecule is CC(C)(CNc1cc2ccccc2s1)c1ccc(Cl)c(Cl)c1. The van der Waals surface area contributed by atoms with Crippen LogP contribution >= 0.6 is 34.5 Å². The minimum absolute atomic E-state index is 0.0373. The van der Waals surface area contributed by atoms with Crippen molar-refractivity contribution in [2.45, 2.75) is 19.3 Å². The van der Waals surface area contributed by atoms with Gasteiger partial charge in [-0.25, -0.2) is 0 Å². The fraction of sp³-hybridized carbons (Fsp3) is 0.222. The van der Waals surface area contributed by atoms with Crippen molar-refractivity contribution in [1.82, 2.24) is 0 Å². The summed E-state index contributed by atoms with van der Waals surface area (Å²) in [7, 11) is 0. The summed E-state index contributed by atoms with van der Waals surface area (Å²) in [6, 6.07) is 16.5. The normalized spacial score (nSPS) is 11.8. The summed E-state index contributed by atoms with van der Waals surface area (Å²) in [4.78, 5) is 0. The number of anilines is 1. The number of benzene rings is 2. The highest BCUT2D eigenvalue weighted by Crippen LogP contribution is 2.33. The van der Waals surface area contributed by atoms with Gasteiger partial charge in [0, 0.05) is 16.7 Å². The Kier molecular flexibility index (Phi) is 4.35. The Hall–Kier alpha value is -1.22. The van der Waals surface area contributed by atoms with E-state index in [1.165, 1.54) is 20.7 Å². The van der Waals surface area contributed by atoms with Gasteiger partial charge < -0.3 is 5.32 Å². The summed E-state index contributed by atoms with van der Waals surface area (Å²) in [5.74, 6) is 0. The minimum Gasteiger partial charge on any atom is -0.376 e. The van der Waals surface area contributed by atoms with Crippen LogP contribution < -0.4 is 5.32 Å². The lowest BCUT2D eigenvalue weighted by molar-refractivity contribution is 0.558. The molecule has 4 heteroatoms. The Morgan fingerprint density at radius 2 is 1.77 bits per heavy atom. The van der Waals surface area contributed by atoms with Gasteiger partial charge in [-0.3, -0.25) is 0 Å². The van der Waals surface area contributed by atoms with Crippen molar-refractivity contribution in [1.29, 1.82) is 0 Å². The highest BCUT2D eigenvalue weighted by atomic mass is 35.5. The third kappa shape index (κ3) is 3.24. The summed E-state index contributed by atoms with van der Waals surface area (Å²) in [6.45, 7) is 5.23. The first-order chi connectivity index (χ1) is 10.5. The molecular weight excluding hydrogens is 333 g/mol. The van der Waals surface area contributed by atoms with E-state index in [0.29, 0.717) is 10.0 Å². The van der Waals surface area contributed by atoms with Crippen molar-refractivity contribution in [3.8, 4) is 0 Å². The van der Waals surface area contributed by atoms with Crippen LogP contribution in [0, 0.1) is 0 Å². The largest absolute Gasteiger partial charge is 0.376 e. The van der Waals surface area contributed by atoms with Gasteiger partial charge in [0.1, 0.15) is 0 Å². The molecule has 0 fully saturated rings. The number of rotatable bonds is 4. The van der Waals surface area contributed by atoms with Gasteiger partial charge in [-0.1, -0.05) is 61.3 Å². The molecule has 0 aliphatic rings. The Balaban J connectivity index is 1.77. The smallest absolute Gasteiger partial charge is 0.0895 e. The monoisotopic (exact) mass is 349 g/mol. The maximum Gasteiger partial charge on any atom is 0.0895 e. The van der Waals surface area contributed by atoms with Crippen molar-refractivity contribution in [3.63, 3.8) is 0 Å². The van der Waals surface area contributed by atoms with Crippen LogP contribution in [-0.4, -0.2) is 6.54 Å². The zero-order valence-electron chi connectivity index (χ0n) is 12.5. The molecule has 114 valence electrons. The van der Waals surface area contributed by atoms with Gasteiger partial charge in [0.25, 0.3) is 0 Å². The second-order valence-corrected chi connectivity index (χ2v) is 7.91. The highest BCUT2D eigenvalue weighted by Gasteiger charge is 2.21. The zero-order chi connectivity index (χ0) is 15.7. The van der Waals surface area contributed by atoms with Crippen LogP contribution in [0.4, 0.5) is 5.00 Å². The summed E-state index contributed by atoms with van der Waals surface area (Å²) in [5, 5.41) is 7.22. The van der Waals surface area contributed by atoms with Crippen molar-refractivity contribution < 1.29 is 0 Å². The van der Waals surface area contributed by atoms with Crippen LogP contribution in [0.2, 0.25) is 10.0 Å². The maximum absolute atomic E-state index is 6.14. The van der Waals surface area contributed by atoms with E-state index in [9.17, 15) is 0 Å². The van der Waals surface area contributed by atoms with Crippen molar-refractivity contribution in [2.75, 3.05) is 11.9 Å². The van der Waals surface area contributed by atoms with Gasteiger partial charge >= 0.3 is 0 Å². The fourth-order valence-electron chi connectivity index (χ4n) is 2.40. The van der Waals surface area contributed by atoms with Gasteiger partial charge in [0.05, 0.1) is 15.0 Å². The number of nitrogens with one attached hydrogen (secondary N) is 1. The predicted octanol–water partition coefficient (Wildman–Crippen LogP) is 6.60. The standard InChI is InChI=1S/C18H17Cl2NS/c1-18(2,13-7-8-14(19)15(20)10-13)11-21-17-9-12-5-3-4-6-16(12)22-17/h3-10,21H,11H2,1-2H3. The molecule has 3 rings (SSSR count). The number of hydrogen-bond donors (Lipinski definition) is 1. The second kappa shape index (κ2) is 6.11. The van der Waals surface area contributed by atoms with Gasteiger partial charge in [-0.05, 0) is 35.2 Å². The lowest BCUT2D eigenvalue weighted by Crippen LogP contribution is -2.27. The summed E-state index contributed by atoms with van der Waals surface area (Å²) >= 11 is 13.9. The van der Waals surface area contributed by atoms with Crippen LogP contribution in [0.1, 0.15) is 19.4 Å². The van der Waals surface area contributed by atoms with Crippen molar-refractivity contribution >= 4 is 49.6 Å². The number of thiophene rings is 1. The van der Waals surface area contributed by atoms with Crippen LogP contribution in [0.15, 0.2) is 48.5 Å².